The number of imidazole rings is 1. The number of benzene rings is 1. The number of carbonyl (C=O) groups excluding carboxylic acids is 4. The van der Waals surface area contributed by atoms with E-state index in [4.69, 9.17) is 14.2 Å². The van der Waals surface area contributed by atoms with Crippen LogP contribution in [0.3, 0.4) is 0 Å². The summed E-state index contributed by atoms with van der Waals surface area (Å²) in [5, 5.41) is 10.5. The van der Waals surface area contributed by atoms with Crippen LogP contribution in [0.5, 0.6) is 0 Å². The predicted octanol–water partition coefficient (Wildman–Crippen LogP) is 3.21. The second-order valence-corrected chi connectivity index (χ2v) is 12.3. The molecule has 0 spiro atoms. The Bertz CT molecular complexity index is 1510. The topological polar surface area (TPSA) is 188 Å². The zero-order chi connectivity index (χ0) is 32.2. The number of fused-ring (bicyclic) bond motifs is 1. The molecule has 4 rings (SSSR count). The molecule has 1 fully saturated rings. The number of nitrogens with zero attached hydrogens (tertiary/aromatic N) is 4. The second-order valence-electron chi connectivity index (χ2n) is 12.3. The Hall–Kier alpha value is -4.79. The highest BCUT2D eigenvalue weighted by atomic mass is 16.6. The van der Waals surface area contributed by atoms with Crippen molar-refractivity contribution in [3.63, 3.8) is 0 Å². The van der Waals surface area contributed by atoms with Crippen LogP contribution in [0.25, 0.3) is 11.2 Å². The third kappa shape index (κ3) is 7.40. The zero-order valence-electron chi connectivity index (χ0n) is 25.7. The summed E-state index contributed by atoms with van der Waals surface area (Å²) in [5.41, 5.74) is -0.723. The van der Waals surface area contributed by atoms with Crippen LogP contribution < -0.4 is 21.3 Å². The largest absolute Gasteiger partial charge is 0.455 e. The van der Waals surface area contributed by atoms with Crippen molar-refractivity contribution in [1.82, 2.24) is 30.2 Å². The number of amides is 4. The minimum Gasteiger partial charge on any atom is -0.455 e. The number of rotatable bonds is 7. The molecular weight excluding hydrogens is 572 g/mol. The summed E-state index contributed by atoms with van der Waals surface area (Å²) < 4.78 is 19.7. The molecule has 15 nitrogen and oxygen atoms in total. The van der Waals surface area contributed by atoms with Crippen molar-refractivity contribution in [3.8, 4) is 0 Å². The maximum atomic E-state index is 13.2. The van der Waals surface area contributed by atoms with Gasteiger partial charge in [0.1, 0.15) is 12.4 Å². The van der Waals surface area contributed by atoms with Crippen LogP contribution in [0.15, 0.2) is 43.0 Å². The number of urea groups is 2. The number of nitrogens with one attached hydrogen (secondary N) is 4. The van der Waals surface area contributed by atoms with Gasteiger partial charge in [-0.25, -0.2) is 24.5 Å². The minimum atomic E-state index is -1.16. The van der Waals surface area contributed by atoms with E-state index >= 15 is 0 Å². The quantitative estimate of drug-likeness (QED) is 0.289. The van der Waals surface area contributed by atoms with Crippen LogP contribution in [0.2, 0.25) is 0 Å². The van der Waals surface area contributed by atoms with Crippen LogP contribution in [0.4, 0.5) is 21.1 Å². The summed E-state index contributed by atoms with van der Waals surface area (Å²) in [6.07, 6.45) is -1.62. The fourth-order valence-corrected chi connectivity index (χ4v) is 4.17. The Morgan fingerprint density at radius 2 is 1.50 bits per heavy atom. The van der Waals surface area contributed by atoms with Gasteiger partial charge in [-0.1, -0.05) is 18.2 Å². The molecule has 2 aromatic heterocycles. The average molecular weight is 611 g/mol. The Morgan fingerprint density at radius 3 is 2.11 bits per heavy atom. The van der Waals surface area contributed by atoms with Gasteiger partial charge in [-0.3, -0.25) is 19.5 Å². The lowest BCUT2D eigenvalue weighted by atomic mass is 9.96. The van der Waals surface area contributed by atoms with Crippen molar-refractivity contribution in [2.75, 3.05) is 24.2 Å². The molecule has 3 aromatic rings. The van der Waals surface area contributed by atoms with Crippen LogP contribution >= 0.6 is 0 Å². The molecule has 4 atom stereocenters. The number of anilines is 2. The molecular formula is C29H38N8O7. The lowest BCUT2D eigenvalue weighted by Crippen LogP contribution is -2.47. The first kappa shape index (κ1) is 32.1. The van der Waals surface area contributed by atoms with Crippen molar-refractivity contribution in [1.29, 1.82) is 0 Å². The highest BCUT2D eigenvalue weighted by Gasteiger charge is 2.52. The van der Waals surface area contributed by atoms with Gasteiger partial charge in [0, 0.05) is 19.3 Å². The number of hydrogen-bond donors (Lipinski definition) is 4. The number of ether oxygens (including phenoxy) is 3. The molecule has 4 N–H and O–H groups in total. The number of para-hydroxylation sites is 1. The summed E-state index contributed by atoms with van der Waals surface area (Å²) >= 11 is 0. The predicted molar refractivity (Wildman–Crippen MR) is 159 cm³/mol. The SMILES string of the molecule is CNC(=O)NC[C@H]1O[C@@H](n2cnc3c(NC(=O)Nc4ccccc4)ncnc32)[C@H](OC(=O)C(C)(C)C)[C@@H]1OC(=O)C(C)(C)C. The average Bonchev–Trinajstić information content (AvgIpc) is 3.53. The highest BCUT2D eigenvalue weighted by molar-refractivity contribution is 6.02. The van der Waals surface area contributed by atoms with Gasteiger partial charge in [-0.05, 0) is 53.7 Å². The van der Waals surface area contributed by atoms with Gasteiger partial charge in [-0.15, -0.1) is 0 Å². The molecule has 0 saturated carbocycles. The fourth-order valence-electron chi connectivity index (χ4n) is 4.17. The number of hydrogen-bond acceptors (Lipinski definition) is 10. The van der Waals surface area contributed by atoms with Crippen LogP contribution in [-0.2, 0) is 23.8 Å². The molecule has 236 valence electrons. The van der Waals surface area contributed by atoms with E-state index in [2.05, 4.69) is 36.2 Å². The zero-order valence-corrected chi connectivity index (χ0v) is 25.7. The van der Waals surface area contributed by atoms with Crippen molar-refractivity contribution in [2.24, 2.45) is 10.8 Å². The molecule has 44 heavy (non-hydrogen) atoms. The van der Waals surface area contributed by atoms with E-state index in [9.17, 15) is 19.2 Å². The Labute approximate surface area is 254 Å². The molecule has 1 aliphatic heterocycles. The Morgan fingerprint density at radius 1 is 0.864 bits per heavy atom. The first-order valence-electron chi connectivity index (χ1n) is 14.0. The van der Waals surface area contributed by atoms with Crippen LogP contribution in [-0.4, -0.2) is 75.4 Å². The Kier molecular flexibility index (Phi) is 9.37. The molecule has 1 saturated heterocycles. The van der Waals surface area contributed by atoms with Crippen molar-refractivity contribution < 1.29 is 33.4 Å². The maximum Gasteiger partial charge on any atom is 0.324 e. The van der Waals surface area contributed by atoms with E-state index in [1.165, 1.54) is 24.3 Å². The molecule has 3 heterocycles. The van der Waals surface area contributed by atoms with Gasteiger partial charge < -0.3 is 30.2 Å². The normalized spacial score (nSPS) is 20.1. The van der Waals surface area contributed by atoms with E-state index in [-0.39, 0.29) is 23.5 Å². The van der Waals surface area contributed by atoms with E-state index in [1.54, 1.807) is 65.8 Å². The summed E-state index contributed by atoms with van der Waals surface area (Å²) in [7, 11) is 1.46. The third-order valence-corrected chi connectivity index (χ3v) is 6.58. The first-order chi connectivity index (χ1) is 20.7. The van der Waals surface area contributed by atoms with Gasteiger partial charge in [0.25, 0.3) is 0 Å². The lowest BCUT2D eigenvalue weighted by molar-refractivity contribution is -0.178. The molecule has 0 unspecified atom stereocenters. The maximum absolute atomic E-state index is 13.2. The Balaban J connectivity index is 1.71. The summed E-state index contributed by atoms with van der Waals surface area (Å²) in [5.74, 6) is -0.994. The monoisotopic (exact) mass is 610 g/mol. The summed E-state index contributed by atoms with van der Waals surface area (Å²) in [6.45, 7) is 10.1. The molecule has 0 bridgehead atoms. The van der Waals surface area contributed by atoms with E-state index in [0.29, 0.717) is 5.69 Å². The van der Waals surface area contributed by atoms with Crippen molar-refractivity contribution in [2.45, 2.75) is 66.1 Å². The third-order valence-electron chi connectivity index (χ3n) is 6.58. The number of aromatic nitrogens is 4. The molecule has 0 radical (unpaired) electrons. The summed E-state index contributed by atoms with van der Waals surface area (Å²) in [4.78, 5) is 63.9. The van der Waals surface area contributed by atoms with Crippen molar-refractivity contribution >= 4 is 46.7 Å². The van der Waals surface area contributed by atoms with Gasteiger partial charge in [0.15, 0.2) is 35.4 Å². The van der Waals surface area contributed by atoms with Crippen molar-refractivity contribution in [3.05, 3.63) is 43.0 Å². The fraction of sp³-hybridized carbons (Fsp3) is 0.483. The van der Waals surface area contributed by atoms with Crippen LogP contribution in [0, 0.1) is 10.8 Å². The van der Waals surface area contributed by atoms with Gasteiger partial charge >= 0.3 is 24.0 Å². The van der Waals surface area contributed by atoms with E-state index in [0.717, 1.165) is 0 Å². The van der Waals surface area contributed by atoms with Crippen LogP contribution in [0.1, 0.15) is 47.8 Å². The highest BCUT2D eigenvalue weighted by Crippen LogP contribution is 2.38. The smallest absolute Gasteiger partial charge is 0.324 e. The second kappa shape index (κ2) is 12.8. The van der Waals surface area contributed by atoms with Gasteiger partial charge in [-0.2, -0.15) is 0 Å². The molecule has 1 aliphatic rings. The molecule has 15 heteroatoms. The standard InChI is InChI=1S/C29H38N8O7/c1-28(2,3)24(38)43-19-17(13-31-26(40)30-7)42-23(20(19)44-25(39)29(4,5)6)37-15-34-18-21(32-14-33-22(18)37)36-27(41)35-16-11-9-8-10-12-16/h8-12,14-15,17,19-20,23H,13H2,1-7H3,(H2,30,31,40)(H2,32,33,35,36,41)/t17-,19-,20-,23-/m1/s1. The molecule has 0 aliphatic carbocycles. The lowest BCUT2D eigenvalue weighted by Gasteiger charge is -2.29. The number of esters is 2. The molecule has 4 amide bonds. The van der Waals surface area contributed by atoms with E-state index < -0.39 is 59.4 Å². The minimum absolute atomic E-state index is 0.0735. The first-order valence-corrected chi connectivity index (χ1v) is 14.0. The summed E-state index contributed by atoms with van der Waals surface area (Å²) in [6, 6.07) is 7.84. The van der Waals surface area contributed by atoms with Gasteiger partial charge in [0.05, 0.1) is 17.2 Å². The number of carbonyl (C=O) groups is 4. The van der Waals surface area contributed by atoms with Gasteiger partial charge in [0.2, 0.25) is 0 Å². The van der Waals surface area contributed by atoms with E-state index in [1.807, 2.05) is 6.07 Å². The molecule has 1 aromatic carbocycles.